The Hall–Kier alpha value is -2.45. The van der Waals surface area contributed by atoms with E-state index in [9.17, 15) is 19.7 Å². The van der Waals surface area contributed by atoms with Crippen molar-refractivity contribution < 1.29 is 19.2 Å². The lowest BCUT2D eigenvalue weighted by atomic mass is 10.3. The Morgan fingerprint density at radius 2 is 2.09 bits per heavy atom. The molecule has 1 aromatic heterocycles. The maximum absolute atomic E-state index is 11.8. The molecule has 122 valence electrons. The Morgan fingerprint density at radius 1 is 1.41 bits per heavy atom. The maximum Gasteiger partial charge on any atom is 0.312 e. The standard InChI is InChI=1S/C13H20N4O5/c1-4-22-12(19)6-5-7-14-11(18)8-16-10(3)13(17(20)21)9(2)15-16/h4-8H2,1-3H3,(H,14,18). The van der Waals surface area contributed by atoms with Gasteiger partial charge in [0, 0.05) is 13.0 Å². The number of hydrogen-bond donors (Lipinski definition) is 1. The Morgan fingerprint density at radius 3 is 2.64 bits per heavy atom. The summed E-state index contributed by atoms with van der Waals surface area (Å²) in [5.41, 5.74) is 0.539. The summed E-state index contributed by atoms with van der Waals surface area (Å²) in [6, 6.07) is 0. The third-order valence-corrected chi connectivity index (χ3v) is 3.00. The van der Waals surface area contributed by atoms with Gasteiger partial charge in [0.15, 0.2) is 0 Å². The fraction of sp³-hybridized carbons (Fsp3) is 0.615. The zero-order valence-corrected chi connectivity index (χ0v) is 12.9. The van der Waals surface area contributed by atoms with Crippen molar-refractivity contribution >= 4 is 17.6 Å². The predicted octanol–water partition coefficient (Wildman–Crippen LogP) is 0.868. The first-order valence-corrected chi connectivity index (χ1v) is 6.97. The number of esters is 1. The smallest absolute Gasteiger partial charge is 0.312 e. The van der Waals surface area contributed by atoms with Crippen LogP contribution in [0.1, 0.15) is 31.2 Å². The highest BCUT2D eigenvalue weighted by molar-refractivity contribution is 5.76. The van der Waals surface area contributed by atoms with Crippen LogP contribution in [0.2, 0.25) is 0 Å². The SMILES string of the molecule is CCOC(=O)CCCNC(=O)Cn1nc(C)c([N+](=O)[O-])c1C. The van der Waals surface area contributed by atoms with E-state index in [1.807, 2.05) is 0 Å². The molecular formula is C13H20N4O5. The fourth-order valence-electron chi connectivity index (χ4n) is 1.99. The molecule has 0 fully saturated rings. The molecule has 1 rings (SSSR count). The summed E-state index contributed by atoms with van der Waals surface area (Å²) in [4.78, 5) is 33.3. The van der Waals surface area contributed by atoms with Crippen molar-refractivity contribution in [2.75, 3.05) is 13.2 Å². The minimum Gasteiger partial charge on any atom is -0.466 e. The van der Waals surface area contributed by atoms with Crippen molar-refractivity contribution in [1.82, 2.24) is 15.1 Å². The van der Waals surface area contributed by atoms with Gasteiger partial charge in [0.05, 0.1) is 11.5 Å². The number of nitrogens with one attached hydrogen (secondary N) is 1. The van der Waals surface area contributed by atoms with E-state index in [1.54, 1.807) is 13.8 Å². The van der Waals surface area contributed by atoms with Crippen molar-refractivity contribution in [2.24, 2.45) is 0 Å². The molecule has 0 atom stereocenters. The normalized spacial score (nSPS) is 10.3. The molecule has 0 bridgehead atoms. The first kappa shape index (κ1) is 17.6. The van der Waals surface area contributed by atoms with Gasteiger partial charge in [0.1, 0.15) is 17.9 Å². The summed E-state index contributed by atoms with van der Waals surface area (Å²) in [6.07, 6.45) is 0.710. The van der Waals surface area contributed by atoms with Crippen LogP contribution in [0.15, 0.2) is 0 Å². The summed E-state index contributed by atoms with van der Waals surface area (Å²) in [5, 5.41) is 17.5. The number of nitrogens with zero attached hydrogens (tertiary/aromatic N) is 3. The molecule has 0 aliphatic rings. The van der Waals surface area contributed by atoms with E-state index < -0.39 is 4.92 Å². The molecule has 1 amide bonds. The lowest BCUT2D eigenvalue weighted by Crippen LogP contribution is -2.29. The van der Waals surface area contributed by atoms with E-state index in [0.29, 0.717) is 25.3 Å². The van der Waals surface area contributed by atoms with Gasteiger partial charge >= 0.3 is 11.7 Å². The molecule has 1 heterocycles. The van der Waals surface area contributed by atoms with E-state index in [1.165, 1.54) is 11.6 Å². The average Bonchev–Trinajstić information content (AvgIpc) is 2.69. The number of aryl methyl sites for hydroxylation is 1. The van der Waals surface area contributed by atoms with Crippen LogP contribution in [0, 0.1) is 24.0 Å². The summed E-state index contributed by atoms with van der Waals surface area (Å²) >= 11 is 0. The third kappa shape index (κ3) is 4.83. The monoisotopic (exact) mass is 312 g/mol. The largest absolute Gasteiger partial charge is 0.466 e. The molecule has 0 radical (unpaired) electrons. The first-order valence-electron chi connectivity index (χ1n) is 6.97. The van der Waals surface area contributed by atoms with Crippen molar-refractivity contribution in [3.05, 3.63) is 21.5 Å². The summed E-state index contributed by atoms with van der Waals surface area (Å²) in [5.74, 6) is -0.615. The van der Waals surface area contributed by atoms with Crippen LogP contribution in [-0.2, 0) is 20.9 Å². The van der Waals surface area contributed by atoms with Crippen molar-refractivity contribution in [1.29, 1.82) is 0 Å². The van der Waals surface area contributed by atoms with Crippen LogP contribution in [0.3, 0.4) is 0 Å². The maximum atomic E-state index is 11.8. The second kappa shape index (κ2) is 8.11. The molecule has 0 aliphatic heterocycles. The Kier molecular flexibility index (Phi) is 6.48. The highest BCUT2D eigenvalue weighted by Crippen LogP contribution is 2.21. The van der Waals surface area contributed by atoms with E-state index in [-0.39, 0.29) is 36.2 Å². The summed E-state index contributed by atoms with van der Waals surface area (Å²) in [6.45, 7) is 5.37. The van der Waals surface area contributed by atoms with Gasteiger partial charge in [-0.05, 0) is 27.2 Å². The molecular weight excluding hydrogens is 292 g/mol. The number of carbonyl (C=O) groups is 2. The summed E-state index contributed by atoms with van der Waals surface area (Å²) in [7, 11) is 0. The number of carbonyl (C=O) groups excluding carboxylic acids is 2. The molecule has 0 aromatic carbocycles. The van der Waals surface area contributed by atoms with Crippen LogP contribution in [-0.4, -0.2) is 39.7 Å². The van der Waals surface area contributed by atoms with Gasteiger partial charge in [-0.25, -0.2) is 0 Å². The lowest BCUT2D eigenvalue weighted by molar-refractivity contribution is -0.386. The van der Waals surface area contributed by atoms with E-state index in [4.69, 9.17) is 4.74 Å². The van der Waals surface area contributed by atoms with E-state index in [0.717, 1.165) is 0 Å². The fourth-order valence-corrected chi connectivity index (χ4v) is 1.99. The first-order chi connectivity index (χ1) is 10.4. The molecule has 0 aliphatic carbocycles. The molecule has 1 N–H and O–H groups in total. The number of hydrogen-bond acceptors (Lipinski definition) is 6. The van der Waals surface area contributed by atoms with Crippen molar-refractivity contribution in [3.63, 3.8) is 0 Å². The minimum absolute atomic E-state index is 0.0740. The van der Waals surface area contributed by atoms with Gasteiger partial charge in [-0.15, -0.1) is 0 Å². The Labute approximate surface area is 127 Å². The van der Waals surface area contributed by atoms with Crippen molar-refractivity contribution in [3.8, 4) is 0 Å². The van der Waals surface area contributed by atoms with E-state index in [2.05, 4.69) is 10.4 Å². The molecule has 9 nitrogen and oxygen atoms in total. The molecule has 22 heavy (non-hydrogen) atoms. The van der Waals surface area contributed by atoms with Gasteiger partial charge in [-0.3, -0.25) is 24.4 Å². The second-order valence-corrected chi connectivity index (χ2v) is 4.69. The number of amides is 1. The molecule has 0 saturated heterocycles. The van der Waals surface area contributed by atoms with Gasteiger partial charge in [0.2, 0.25) is 5.91 Å². The zero-order valence-electron chi connectivity index (χ0n) is 12.9. The summed E-state index contributed by atoms with van der Waals surface area (Å²) < 4.78 is 6.07. The second-order valence-electron chi connectivity index (χ2n) is 4.69. The lowest BCUT2D eigenvalue weighted by Gasteiger charge is -2.06. The molecule has 1 aromatic rings. The predicted molar refractivity (Wildman–Crippen MR) is 77.2 cm³/mol. The van der Waals surface area contributed by atoms with E-state index >= 15 is 0 Å². The Bertz CT molecular complexity index is 567. The number of nitro groups is 1. The van der Waals surface area contributed by atoms with Crippen LogP contribution in [0.5, 0.6) is 0 Å². The minimum atomic E-state index is -0.509. The van der Waals surface area contributed by atoms with Crippen LogP contribution < -0.4 is 5.32 Å². The quantitative estimate of drug-likeness (QED) is 0.329. The Balaban J connectivity index is 2.45. The topological polar surface area (TPSA) is 116 Å². The van der Waals surface area contributed by atoms with Crippen LogP contribution >= 0.6 is 0 Å². The van der Waals surface area contributed by atoms with Gasteiger partial charge in [-0.2, -0.15) is 5.10 Å². The number of ether oxygens (including phenoxy) is 1. The van der Waals surface area contributed by atoms with Crippen LogP contribution in [0.25, 0.3) is 0 Å². The van der Waals surface area contributed by atoms with Gasteiger partial charge in [0.25, 0.3) is 0 Å². The number of aromatic nitrogens is 2. The molecule has 0 spiro atoms. The van der Waals surface area contributed by atoms with Crippen LogP contribution in [0.4, 0.5) is 5.69 Å². The third-order valence-electron chi connectivity index (χ3n) is 3.00. The average molecular weight is 312 g/mol. The van der Waals surface area contributed by atoms with Gasteiger partial charge < -0.3 is 10.1 Å². The molecule has 0 unspecified atom stereocenters. The zero-order chi connectivity index (χ0) is 16.7. The number of rotatable bonds is 8. The van der Waals surface area contributed by atoms with Gasteiger partial charge in [-0.1, -0.05) is 0 Å². The molecule has 0 saturated carbocycles. The highest BCUT2D eigenvalue weighted by atomic mass is 16.6. The highest BCUT2D eigenvalue weighted by Gasteiger charge is 2.22. The van der Waals surface area contributed by atoms with Crippen molar-refractivity contribution in [2.45, 2.75) is 40.2 Å². The molecule has 9 heteroatoms.